The summed E-state index contributed by atoms with van der Waals surface area (Å²) < 4.78 is 12.9. The van der Waals surface area contributed by atoms with Crippen LogP contribution in [-0.4, -0.2) is 31.3 Å². The molecule has 1 amide bonds. The molecule has 0 unspecified atom stereocenters. The van der Waals surface area contributed by atoms with Gasteiger partial charge in [-0.15, -0.1) is 0 Å². The molecule has 0 aromatic heterocycles. The van der Waals surface area contributed by atoms with Crippen molar-refractivity contribution >= 4 is 5.91 Å². The van der Waals surface area contributed by atoms with Crippen molar-refractivity contribution in [2.75, 3.05) is 14.2 Å². The summed E-state index contributed by atoms with van der Waals surface area (Å²) in [5.74, 6) is -0.501. The second-order valence-electron chi connectivity index (χ2n) is 3.16. The van der Waals surface area contributed by atoms with Gasteiger partial charge in [-0.25, -0.2) is 9.45 Å². The third-order valence-corrected chi connectivity index (χ3v) is 2.06. The molecule has 0 saturated carbocycles. The summed E-state index contributed by atoms with van der Waals surface area (Å²) >= 11 is 0. The molecule has 0 spiro atoms. The minimum absolute atomic E-state index is 0.182. The Balaban J connectivity index is 3.95. The van der Waals surface area contributed by atoms with Gasteiger partial charge < -0.3 is 0 Å². The first-order valence-corrected chi connectivity index (χ1v) is 4.48. The largest absolute Gasteiger partial charge is 0.275 e. The van der Waals surface area contributed by atoms with E-state index in [9.17, 15) is 9.18 Å². The lowest BCUT2D eigenvalue weighted by Crippen LogP contribution is -2.31. The minimum Gasteiger partial charge on any atom is -0.275 e. The molecular weight excluding hydrogens is 173 g/mol. The maximum atomic E-state index is 12.9. The maximum absolute atomic E-state index is 12.9. The molecule has 0 aromatic rings. The summed E-state index contributed by atoms with van der Waals surface area (Å²) in [6, 6.07) is 0. The lowest BCUT2D eigenvalue weighted by molar-refractivity contribution is -0.173. The average Bonchev–Trinajstić information content (AvgIpc) is 2.14. The van der Waals surface area contributed by atoms with Gasteiger partial charge >= 0.3 is 0 Å². The first-order chi connectivity index (χ1) is 6.02. The van der Waals surface area contributed by atoms with Crippen LogP contribution in [0.4, 0.5) is 4.39 Å². The second kappa shape index (κ2) is 5.91. The summed E-state index contributed by atoms with van der Waals surface area (Å²) in [5.41, 5.74) is 0. The zero-order valence-electron chi connectivity index (χ0n) is 8.71. The van der Waals surface area contributed by atoms with Crippen molar-refractivity contribution in [3.8, 4) is 0 Å². The molecule has 13 heavy (non-hydrogen) atoms. The number of amides is 1. The van der Waals surface area contributed by atoms with E-state index >= 15 is 0 Å². The van der Waals surface area contributed by atoms with E-state index in [4.69, 9.17) is 4.84 Å². The number of hydrogen-bond acceptors (Lipinski definition) is 2. The van der Waals surface area contributed by atoms with Gasteiger partial charge in [0.1, 0.15) is 6.17 Å². The Morgan fingerprint density at radius 1 is 1.62 bits per heavy atom. The van der Waals surface area contributed by atoms with Crippen LogP contribution >= 0.6 is 0 Å². The predicted molar refractivity (Wildman–Crippen MR) is 48.7 cm³/mol. The Bertz CT molecular complexity index is 164. The summed E-state index contributed by atoms with van der Waals surface area (Å²) in [6.45, 7) is 3.47. The number of rotatable bonds is 5. The van der Waals surface area contributed by atoms with Crippen LogP contribution in [0.15, 0.2) is 0 Å². The lowest BCUT2D eigenvalue weighted by Gasteiger charge is -2.19. The highest BCUT2D eigenvalue weighted by molar-refractivity contribution is 5.77. The van der Waals surface area contributed by atoms with Crippen LogP contribution in [0.3, 0.4) is 0 Å². The highest BCUT2D eigenvalue weighted by Gasteiger charge is 2.20. The van der Waals surface area contributed by atoms with Gasteiger partial charge in [0.25, 0.3) is 0 Å². The van der Waals surface area contributed by atoms with E-state index in [0.717, 1.165) is 5.06 Å². The standard InChI is InChI=1S/C9H18FNO2/c1-5-8(10)6-7(2)9(12)11(3)13-4/h7-8H,5-6H2,1-4H3/t7-,8+/m0/s1. The van der Waals surface area contributed by atoms with Crippen LogP contribution in [-0.2, 0) is 9.63 Å². The van der Waals surface area contributed by atoms with Gasteiger partial charge in [-0.2, -0.15) is 0 Å². The first kappa shape index (κ1) is 12.4. The second-order valence-corrected chi connectivity index (χ2v) is 3.16. The molecule has 0 saturated heterocycles. The topological polar surface area (TPSA) is 29.5 Å². The molecule has 0 N–H and O–H groups in total. The fourth-order valence-electron chi connectivity index (χ4n) is 1.05. The van der Waals surface area contributed by atoms with Crippen molar-refractivity contribution < 1.29 is 14.0 Å². The van der Waals surface area contributed by atoms with Crippen LogP contribution < -0.4 is 0 Å². The summed E-state index contributed by atoms with van der Waals surface area (Å²) in [4.78, 5) is 16.1. The van der Waals surface area contributed by atoms with E-state index in [0.29, 0.717) is 6.42 Å². The molecule has 3 nitrogen and oxygen atoms in total. The number of carbonyl (C=O) groups is 1. The summed E-state index contributed by atoms with van der Waals surface area (Å²) in [5, 5.41) is 1.13. The predicted octanol–water partition coefficient (Wildman–Crippen LogP) is 1.78. The number of nitrogens with zero attached hydrogens (tertiary/aromatic N) is 1. The van der Waals surface area contributed by atoms with Crippen molar-refractivity contribution in [2.24, 2.45) is 5.92 Å². The van der Waals surface area contributed by atoms with E-state index in [1.165, 1.54) is 14.2 Å². The quantitative estimate of drug-likeness (QED) is 0.620. The van der Waals surface area contributed by atoms with Crippen LogP contribution in [0, 0.1) is 5.92 Å². The molecular formula is C9H18FNO2. The highest BCUT2D eigenvalue weighted by atomic mass is 19.1. The normalized spacial score (nSPS) is 15.2. The number of hydroxylamine groups is 2. The van der Waals surface area contributed by atoms with E-state index in [1.807, 2.05) is 0 Å². The summed E-state index contributed by atoms with van der Waals surface area (Å²) in [6.07, 6.45) is -0.179. The van der Waals surface area contributed by atoms with Gasteiger partial charge in [-0.1, -0.05) is 13.8 Å². The zero-order chi connectivity index (χ0) is 10.4. The van der Waals surface area contributed by atoms with Gasteiger partial charge in [-0.05, 0) is 12.8 Å². The van der Waals surface area contributed by atoms with Crippen LogP contribution in [0.1, 0.15) is 26.7 Å². The number of halogens is 1. The first-order valence-electron chi connectivity index (χ1n) is 4.48. The van der Waals surface area contributed by atoms with Gasteiger partial charge in [0.2, 0.25) is 5.91 Å². The number of alkyl halides is 1. The molecule has 2 atom stereocenters. The number of hydrogen-bond donors (Lipinski definition) is 0. The summed E-state index contributed by atoms with van der Waals surface area (Å²) in [7, 11) is 2.94. The monoisotopic (exact) mass is 191 g/mol. The van der Waals surface area contributed by atoms with E-state index in [1.54, 1.807) is 13.8 Å². The Labute approximate surface area is 78.8 Å². The maximum Gasteiger partial charge on any atom is 0.248 e. The minimum atomic E-state index is -0.899. The van der Waals surface area contributed by atoms with Crippen LogP contribution in [0.5, 0.6) is 0 Å². The third-order valence-electron chi connectivity index (χ3n) is 2.06. The van der Waals surface area contributed by atoms with Crippen LogP contribution in [0.25, 0.3) is 0 Å². The van der Waals surface area contributed by atoms with E-state index in [2.05, 4.69) is 0 Å². The van der Waals surface area contributed by atoms with Crippen LogP contribution in [0.2, 0.25) is 0 Å². The molecule has 0 fully saturated rings. The van der Waals surface area contributed by atoms with Gasteiger partial charge in [0.05, 0.1) is 7.11 Å². The molecule has 0 aliphatic carbocycles. The molecule has 78 valence electrons. The molecule has 0 heterocycles. The molecule has 0 aliphatic rings. The zero-order valence-corrected chi connectivity index (χ0v) is 8.71. The van der Waals surface area contributed by atoms with E-state index in [-0.39, 0.29) is 18.2 Å². The molecule has 0 radical (unpaired) electrons. The smallest absolute Gasteiger partial charge is 0.248 e. The molecule has 4 heteroatoms. The Hall–Kier alpha value is -0.640. The fourth-order valence-corrected chi connectivity index (χ4v) is 1.05. The molecule has 0 bridgehead atoms. The fraction of sp³-hybridized carbons (Fsp3) is 0.889. The lowest BCUT2D eigenvalue weighted by atomic mass is 10.0. The molecule has 0 aromatic carbocycles. The van der Waals surface area contributed by atoms with Gasteiger partial charge in [0.15, 0.2) is 0 Å². The highest BCUT2D eigenvalue weighted by Crippen LogP contribution is 2.13. The van der Waals surface area contributed by atoms with Crippen molar-refractivity contribution in [3.05, 3.63) is 0 Å². The van der Waals surface area contributed by atoms with Crippen molar-refractivity contribution in [2.45, 2.75) is 32.9 Å². The van der Waals surface area contributed by atoms with Gasteiger partial charge in [0, 0.05) is 13.0 Å². The SMILES string of the molecule is CC[C@@H](F)C[C@H](C)C(=O)N(C)OC. The Morgan fingerprint density at radius 2 is 2.15 bits per heavy atom. The third kappa shape index (κ3) is 4.22. The van der Waals surface area contributed by atoms with Crippen molar-refractivity contribution in [1.82, 2.24) is 5.06 Å². The molecule has 0 aliphatic heterocycles. The van der Waals surface area contributed by atoms with Crippen molar-refractivity contribution in [3.63, 3.8) is 0 Å². The Kier molecular flexibility index (Phi) is 5.62. The van der Waals surface area contributed by atoms with Gasteiger partial charge in [-0.3, -0.25) is 9.63 Å². The van der Waals surface area contributed by atoms with E-state index < -0.39 is 6.17 Å². The Morgan fingerprint density at radius 3 is 2.54 bits per heavy atom. The average molecular weight is 191 g/mol. The molecule has 0 rings (SSSR count). The van der Waals surface area contributed by atoms with Crippen molar-refractivity contribution in [1.29, 1.82) is 0 Å². The number of carbonyl (C=O) groups excluding carboxylic acids is 1.